The molecule has 27 heavy (non-hydrogen) atoms. The van der Waals surface area contributed by atoms with E-state index in [9.17, 15) is 4.79 Å². The third-order valence-electron chi connectivity index (χ3n) is 5.43. The number of ether oxygens (including phenoxy) is 1. The molecule has 6 nitrogen and oxygen atoms in total. The maximum absolute atomic E-state index is 12.4. The largest absolute Gasteiger partial charge is 0.481 e. The second kappa shape index (κ2) is 9.19. The van der Waals surface area contributed by atoms with Crippen LogP contribution in [0.3, 0.4) is 0 Å². The Bertz CT molecular complexity index is 593. The smallest absolute Gasteiger partial charge is 0.402 e. The van der Waals surface area contributed by atoms with Crippen molar-refractivity contribution in [2.75, 3.05) is 13.7 Å². The van der Waals surface area contributed by atoms with Crippen molar-refractivity contribution in [2.24, 2.45) is 5.73 Å². The zero-order valence-electron chi connectivity index (χ0n) is 17.2. The van der Waals surface area contributed by atoms with Gasteiger partial charge in [0.25, 0.3) is 0 Å². The summed E-state index contributed by atoms with van der Waals surface area (Å²) in [5.41, 5.74) is 6.25. The number of nitrogens with one attached hydrogen (secondary N) is 1. The van der Waals surface area contributed by atoms with Crippen LogP contribution in [0.2, 0.25) is 0 Å². The molecule has 3 N–H and O–H groups in total. The van der Waals surface area contributed by atoms with Crippen LogP contribution < -0.4 is 11.1 Å². The molecule has 0 unspecified atom stereocenters. The van der Waals surface area contributed by atoms with E-state index in [1.807, 2.05) is 45.9 Å². The van der Waals surface area contributed by atoms with Gasteiger partial charge in [0.15, 0.2) is 0 Å². The predicted molar refractivity (Wildman–Crippen MR) is 107 cm³/mol. The van der Waals surface area contributed by atoms with Gasteiger partial charge in [0.1, 0.15) is 6.04 Å². The number of carbonyl (C=O) groups is 1. The van der Waals surface area contributed by atoms with Gasteiger partial charge in [-0.05, 0) is 52.5 Å². The summed E-state index contributed by atoms with van der Waals surface area (Å²) in [5, 5.41) is 3.01. The first-order valence-corrected chi connectivity index (χ1v) is 9.61. The minimum Gasteiger partial charge on any atom is -0.402 e. The topological polar surface area (TPSA) is 82.8 Å². The van der Waals surface area contributed by atoms with Gasteiger partial charge in [-0.3, -0.25) is 4.79 Å². The van der Waals surface area contributed by atoms with Crippen LogP contribution in [0.15, 0.2) is 30.3 Å². The molecule has 1 saturated heterocycles. The number of hydrogen-bond donors (Lipinski definition) is 2. The molecule has 2 atom stereocenters. The fraction of sp³-hybridized carbons (Fsp3) is 0.650. The predicted octanol–water partition coefficient (Wildman–Crippen LogP) is 2.10. The molecule has 1 aromatic rings. The lowest BCUT2D eigenvalue weighted by atomic mass is 9.75. The third-order valence-corrected chi connectivity index (χ3v) is 5.43. The molecular weight excluding hydrogens is 343 g/mol. The maximum Gasteiger partial charge on any atom is 0.481 e. The standard InChI is InChI=1S/C20H33BN2O4/c1-19(2)20(3,4)27-21(26-19)17(23-18(24)16(22)14-25-5)13-9-12-15-10-7-6-8-11-15/h6-8,10-11,16-17H,9,12-14,22H2,1-5H3,(H,23,24)/t16-,17+/m1/s1. The van der Waals surface area contributed by atoms with Crippen LogP contribution in [0.4, 0.5) is 0 Å². The van der Waals surface area contributed by atoms with Crippen molar-refractivity contribution < 1.29 is 18.8 Å². The Morgan fingerprint density at radius 2 is 1.78 bits per heavy atom. The number of benzene rings is 1. The van der Waals surface area contributed by atoms with Crippen molar-refractivity contribution in [3.05, 3.63) is 35.9 Å². The van der Waals surface area contributed by atoms with Crippen LogP contribution >= 0.6 is 0 Å². The molecule has 1 amide bonds. The molecule has 1 aromatic carbocycles. The van der Waals surface area contributed by atoms with Crippen molar-refractivity contribution in [2.45, 2.75) is 70.1 Å². The minimum absolute atomic E-state index is 0.173. The summed E-state index contributed by atoms with van der Waals surface area (Å²) in [5.74, 6) is -0.526. The summed E-state index contributed by atoms with van der Waals surface area (Å²) in [6.45, 7) is 8.20. The lowest BCUT2D eigenvalue weighted by Gasteiger charge is -2.32. The zero-order valence-corrected chi connectivity index (χ0v) is 17.2. The Hall–Kier alpha value is -1.41. The summed E-state index contributed by atoms with van der Waals surface area (Å²) in [6.07, 6.45) is 2.56. The Morgan fingerprint density at radius 3 is 2.33 bits per heavy atom. The molecule has 0 bridgehead atoms. The highest BCUT2D eigenvalue weighted by Gasteiger charge is 2.54. The fourth-order valence-corrected chi connectivity index (χ4v) is 3.04. The molecular formula is C20H33BN2O4. The van der Waals surface area contributed by atoms with Crippen molar-refractivity contribution in [1.29, 1.82) is 0 Å². The summed E-state index contributed by atoms with van der Waals surface area (Å²) in [6, 6.07) is 9.58. The van der Waals surface area contributed by atoms with Gasteiger partial charge in [-0.2, -0.15) is 0 Å². The van der Waals surface area contributed by atoms with Crippen LogP contribution in [0.5, 0.6) is 0 Å². The van der Waals surface area contributed by atoms with E-state index in [1.165, 1.54) is 12.7 Å². The van der Waals surface area contributed by atoms with E-state index in [0.717, 1.165) is 19.3 Å². The highest BCUT2D eigenvalue weighted by Crippen LogP contribution is 2.38. The lowest BCUT2D eigenvalue weighted by Crippen LogP contribution is -2.53. The van der Waals surface area contributed by atoms with Gasteiger partial charge >= 0.3 is 7.12 Å². The van der Waals surface area contributed by atoms with Gasteiger partial charge in [0.2, 0.25) is 5.91 Å². The average Bonchev–Trinajstić information content (AvgIpc) is 2.82. The van der Waals surface area contributed by atoms with Crippen LogP contribution in [0.1, 0.15) is 46.1 Å². The lowest BCUT2D eigenvalue weighted by molar-refractivity contribution is -0.123. The highest BCUT2D eigenvalue weighted by molar-refractivity contribution is 6.48. The van der Waals surface area contributed by atoms with E-state index in [1.54, 1.807) is 0 Å². The quantitative estimate of drug-likeness (QED) is 0.645. The van der Waals surface area contributed by atoms with E-state index in [2.05, 4.69) is 17.4 Å². The van der Waals surface area contributed by atoms with Crippen molar-refractivity contribution >= 4 is 13.0 Å². The van der Waals surface area contributed by atoms with Gasteiger partial charge in [-0.25, -0.2) is 0 Å². The Labute approximate surface area is 163 Å². The zero-order chi connectivity index (χ0) is 20.1. The number of aryl methyl sites for hydroxylation is 1. The first kappa shape index (κ1) is 21.9. The summed E-state index contributed by atoms with van der Waals surface area (Å²) in [4.78, 5) is 12.4. The second-order valence-corrected chi connectivity index (χ2v) is 8.18. The van der Waals surface area contributed by atoms with E-state index < -0.39 is 24.4 Å². The molecule has 0 spiro atoms. The third kappa shape index (κ3) is 5.78. The molecule has 2 rings (SSSR count). The van der Waals surface area contributed by atoms with E-state index in [4.69, 9.17) is 19.8 Å². The van der Waals surface area contributed by atoms with Crippen molar-refractivity contribution in [3.8, 4) is 0 Å². The van der Waals surface area contributed by atoms with Crippen molar-refractivity contribution in [1.82, 2.24) is 5.32 Å². The van der Waals surface area contributed by atoms with Crippen LogP contribution in [0.25, 0.3) is 0 Å². The SMILES string of the molecule is COC[C@@H](N)C(=O)N[C@@H](CCCc1ccccc1)B1OC(C)(C)C(C)(C)O1. The van der Waals surface area contributed by atoms with Crippen LogP contribution in [-0.2, 0) is 25.3 Å². The van der Waals surface area contributed by atoms with Gasteiger partial charge in [0.05, 0.1) is 23.8 Å². The second-order valence-electron chi connectivity index (χ2n) is 8.18. The summed E-state index contributed by atoms with van der Waals surface area (Å²) in [7, 11) is 1.02. The van der Waals surface area contributed by atoms with E-state index in [-0.39, 0.29) is 18.5 Å². The van der Waals surface area contributed by atoms with E-state index >= 15 is 0 Å². The normalized spacial score (nSPS) is 20.3. The minimum atomic E-state index is -0.714. The number of rotatable bonds is 9. The molecule has 0 saturated carbocycles. The Kier molecular flexibility index (Phi) is 7.45. The number of amides is 1. The molecule has 1 heterocycles. The first-order chi connectivity index (χ1) is 12.7. The molecule has 0 radical (unpaired) electrons. The van der Waals surface area contributed by atoms with Crippen LogP contribution in [-0.4, -0.2) is 49.9 Å². The number of carbonyl (C=O) groups excluding carboxylic acids is 1. The maximum atomic E-state index is 12.4. The molecule has 0 aromatic heterocycles. The highest BCUT2D eigenvalue weighted by atomic mass is 16.7. The molecule has 1 fully saturated rings. The fourth-order valence-electron chi connectivity index (χ4n) is 3.04. The number of nitrogens with two attached hydrogens (primary N) is 1. The van der Waals surface area contributed by atoms with Gasteiger partial charge in [0, 0.05) is 7.11 Å². The molecule has 0 aliphatic carbocycles. The number of hydrogen-bond acceptors (Lipinski definition) is 5. The monoisotopic (exact) mass is 376 g/mol. The summed E-state index contributed by atoms with van der Waals surface area (Å²) >= 11 is 0. The van der Waals surface area contributed by atoms with Gasteiger partial charge in [-0.1, -0.05) is 30.3 Å². The summed E-state index contributed by atoms with van der Waals surface area (Å²) < 4.78 is 17.3. The Balaban J connectivity index is 2.03. The molecule has 1 aliphatic heterocycles. The number of methoxy groups -OCH3 is 1. The average molecular weight is 376 g/mol. The van der Waals surface area contributed by atoms with E-state index in [0.29, 0.717) is 0 Å². The first-order valence-electron chi connectivity index (χ1n) is 9.61. The Morgan fingerprint density at radius 1 is 1.19 bits per heavy atom. The van der Waals surface area contributed by atoms with Gasteiger partial charge < -0.3 is 25.1 Å². The van der Waals surface area contributed by atoms with Gasteiger partial charge in [-0.15, -0.1) is 0 Å². The molecule has 7 heteroatoms. The van der Waals surface area contributed by atoms with Crippen LogP contribution in [0, 0.1) is 0 Å². The van der Waals surface area contributed by atoms with Crippen molar-refractivity contribution in [3.63, 3.8) is 0 Å². The molecule has 1 aliphatic rings. The molecule has 150 valence electrons.